The van der Waals surface area contributed by atoms with E-state index in [0.29, 0.717) is 24.9 Å². The second-order valence-electron chi connectivity index (χ2n) is 4.12. The minimum Gasteiger partial charge on any atom is -0.469 e. The molecule has 6 nitrogen and oxygen atoms in total. The molecule has 0 aliphatic heterocycles. The first kappa shape index (κ1) is 14.0. The van der Waals surface area contributed by atoms with Crippen LogP contribution in [0.2, 0.25) is 0 Å². The first-order chi connectivity index (χ1) is 8.51. The van der Waals surface area contributed by atoms with Gasteiger partial charge < -0.3 is 9.64 Å². The van der Waals surface area contributed by atoms with Crippen LogP contribution in [-0.4, -0.2) is 36.5 Å². The van der Waals surface area contributed by atoms with Crippen LogP contribution in [0.1, 0.15) is 24.1 Å². The maximum Gasteiger partial charge on any atom is 0.305 e. The number of nitrogens with zero attached hydrogens (tertiary/aromatic N) is 4. The smallest absolute Gasteiger partial charge is 0.305 e. The molecule has 18 heavy (non-hydrogen) atoms. The van der Waals surface area contributed by atoms with Gasteiger partial charge in [-0.15, -0.1) is 0 Å². The fourth-order valence-corrected chi connectivity index (χ4v) is 1.88. The Bertz CT molecular complexity index is 473. The Morgan fingerprint density at radius 2 is 2.28 bits per heavy atom. The maximum absolute atomic E-state index is 11.0. The van der Waals surface area contributed by atoms with Gasteiger partial charge in [-0.25, -0.2) is 0 Å². The van der Waals surface area contributed by atoms with Crippen molar-refractivity contribution >= 4 is 11.8 Å². The van der Waals surface area contributed by atoms with Crippen LogP contribution in [-0.2, 0) is 16.6 Å². The molecule has 0 spiro atoms. The monoisotopic (exact) mass is 250 g/mol. The first-order valence-corrected chi connectivity index (χ1v) is 5.73. The largest absolute Gasteiger partial charge is 0.469 e. The molecule has 0 radical (unpaired) electrons. The second kappa shape index (κ2) is 6.05. The minimum atomic E-state index is -0.218. The van der Waals surface area contributed by atoms with Crippen molar-refractivity contribution < 1.29 is 9.53 Å². The zero-order chi connectivity index (χ0) is 13.7. The van der Waals surface area contributed by atoms with Gasteiger partial charge >= 0.3 is 5.97 Å². The highest BCUT2D eigenvalue weighted by Crippen LogP contribution is 2.21. The summed E-state index contributed by atoms with van der Waals surface area (Å²) >= 11 is 0. The lowest BCUT2D eigenvalue weighted by molar-refractivity contribution is -0.140. The lowest BCUT2D eigenvalue weighted by Gasteiger charge is -2.19. The molecule has 0 aromatic carbocycles. The van der Waals surface area contributed by atoms with E-state index >= 15 is 0 Å². The normalized spacial score (nSPS) is 9.94. The average Bonchev–Trinajstić information content (AvgIpc) is 2.62. The fraction of sp³-hybridized carbons (Fsp3) is 0.583. The van der Waals surface area contributed by atoms with Crippen LogP contribution >= 0.6 is 0 Å². The predicted molar refractivity (Wildman–Crippen MR) is 67.2 cm³/mol. The number of anilines is 1. The molecule has 0 bridgehead atoms. The highest BCUT2D eigenvalue weighted by atomic mass is 16.5. The Morgan fingerprint density at radius 1 is 1.61 bits per heavy atom. The quantitative estimate of drug-likeness (QED) is 0.729. The highest BCUT2D eigenvalue weighted by Gasteiger charge is 2.16. The van der Waals surface area contributed by atoms with Gasteiger partial charge in [0.2, 0.25) is 0 Å². The molecule has 0 fully saturated rings. The molecule has 98 valence electrons. The Balaban J connectivity index is 2.70. The molecule has 0 N–H and O–H groups in total. The van der Waals surface area contributed by atoms with Crippen molar-refractivity contribution in [2.24, 2.45) is 7.05 Å². The number of hydrogen-bond donors (Lipinski definition) is 0. The highest BCUT2D eigenvalue weighted by molar-refractivity contribution is 5.69. The number of rotatable bonds is 5. The second-order valence-corrected chi connectivity index (χ2v) is 4.12. The predicted octanol–water partition coefficient (Wildman–Crippen LogP) is 0.990. The third-order valence-electron chi connectivity index (χ3n) is 2.77. The lowest BCUT2D eigenvalue weighted by Crippen LogP contribution is -2.22. The summed E-state index contributed by atoms with van der Waals surface area (Å²) in [5.74, 6) is 0.560. The van der Waals surface area contributed by atoms with Gasteiger partial charge in [-0.1, -0.05) is 0 Å². The summed E-state index contributed by atoms with van der Waals surface area (Å²) in [7, 11) is 5.07. The first-order valence-electron chi connectivity index (χ1n) is 5.73. The third-order valence-corrected chi connectivity index (χ3v) is 2.77. The van der Waals surface area contributed by atoms with Crippen molar-refractivity contribution in [3.63, 3.8) is 0 Å². The Labute approximate surface area is 107 Å². The Kier molecular flexibility index (Phi) is 4.72. The van der Waals surface area contributed by atoms with Crippen molar-refractivity contribution in [1.29, 1.82) is 5.26 Å². The lowest BCUT2D eigenvalue weighted by atomic mass is 10.2. The number of aromatic nitrogens is 2. The molecule has 1 rings (SSSR count). The molecule has 0 saturated heterocycles. The molecule has 1 aromatic heterocycles. The van der Waals surface area contributed by atoms with E-state index in [-0.39, 0.29) is 5.97 Å². The van der Waals surface area contributed by atoms with Gasteiger partial charge in [-0.2, -0.15) is 10.4 Å². The summed E-state index contributed by atoms with van der Waals surface area (Å²) in [5.41, 5.74) is 1.30. The van der Waals surface area contributed by atoms with Crippen molar-refractivity contribution in [3.05, 3.63) is 11.3 Å². The number of hydrogen-bond acceptors (Lipinski definition) is 5. The summed E-state index contributed by atoms with van der Waals surface area (Å²) in [6.07, 6.45) is 1.05. The molecule has 0 amide bonds. The third kappa shape index (κ3) is 3.00. The zero-order valence-corrected chi connectivity index (χ0v) is 11.2. The van der Waals surface area contributed by atoms with E-state index in [1.165, 1.54) is 7.11 Å². The fourth-order valence-electron chi connectivity index (χ4n) is 1.88. The Hall–Kier alpha value is -2.03. The Morgan fingerprint density at radius 3 is 2.83 bits per heavy atom. The van der Waals surface area contributed by atoms with Gasteiger partial charge in [0.05, 0.1) is 12.8 Å². The van der Waals surface area contributed by atoms with Crippen molar-refractivity contribution in [2.75, 3.05) is 25.6 Å². The average molecular weight is 250 g/mol. The van der Waals surface area contributed by atoms with Gasteiger partial charge in [0, 0.05) is 27.1 Å². The van der Waals surface area contributed by atoms with Crippen molar-refractivity contribution in [3.8, 4) is 6.07 Å². The van der Waals surface area contributed by atoms with Crippen LogP contribution in [0, 0.1) is 18.3 Å². The van der Waals surface area contributed by atoms with Crippen LogP contribution in [0.4, 0.5) is 5.82 Å². The molecule has 0 unspecified atom stereocenters. The maximum atomic E-state index is 11.0. The van der Waals surface area contributed by atoms with Crippen LogP contribution in [0.3, 0.4) is 0 Å². The van der Waals surface area contributed by atoms with E-state index in [1.807, 2.05) is 18.9 Å². The molecular formula is C12H18N4O2. The number of carbonyl (C=O) groups excluding carboxylic acids is 1. The number of carbonyl (C=O) groups is 1. The molecule has 6 heteroatoms. The SMILES string of the molecule is COC(=O)CCCN(C)c1c(C#N)c(C)nn1C. The number of nitriles is 1. The van der Waals surface area contributed by atoms with E-state index in [1.54, 1.807) is 11.7 Å². The van der Waals surface area contributed by atoms with Crippen LogP contribution in [0.5, 0.6) is 0 Å². The summed E-state index contributed by atoms with van der Waals surface area (Å²) in [6, 6.07) is 2.16. The molecule has 0 saturated carbocycles. The van der Waals surface area contributed by atoms with E-state index in [9.17, 15) is 4.79 Å². The standard InChI is InChI=1S/C12H18N4O2/c1-9-10(8-13)12(16(3)14-9)15(2)7-5-6-11(17)18-4/h5-7H2,1-4H3. The summed E-state index contributed by atoms with van der Waals surface area (Å²) in [5, 5.41) is 13.3. The molecule has 0 atom stereocenters. The van der Waals surface area contributed by atoms with E-state index < -0.39 is 0 Å². The van der Waals surface area contributed by atoms with Gasteiger partial charge in [-0.05, 0) is 13.3 Å². The number of methoxy groups -OCH3 is 1. The summed E-state index contributed by atoms with van der Waals surface area (Å²) < 4.78 is 6.27. The van der Waals surface area contributed by atoms with E-state index in [0.717, 1.165) is 11.5 Å². The van der Waals surface area contributed by atoms with Crippen LogP contribution < -0.4 is 4.90 Å². The number of ether oxygens (including phenoxy) is 1. The molecule has 0 aliphatic rings. The summed E-state index contributed by atoms with van der Waals surface area (Å²) in [4.78, 5) is 12.9. The summed E-state index contributed by atoms with van der Waals surface area (Å²) in [6.45, 7) is 2.48. The number of aryl methyl sites for hydroxylation is 2. The van der Waals surface area contributed by atoms with E-state index in [4.69, 9.17) is 5.26 Å². The van der Waals surface area contributed by atoms with Gasteiger partial charge in [-0.3, -0.25) is 9.48 Å². The van der Waals surface area contributed by atoms with Crippen LogP contribution in [0.25, 0.3) is 0 Å². The topological polar surface area (TPSA) is 71.2 Å². The van der Waals surface area contributed by atoms with Crippen LogP contribution in [0.15, 0.2) is 0 Å². The van der Waals surface area contributed by atoms with Gasteiger partial charge in [0.15, 0.2) is 0 Å². The van der Waals surface area contributed by atoms with Crippen molar-refractivity contribution in [1.82, 2.24) is 9.78 Å². The number of esters is 1. The van der Waals surface area contributed by atoms with Gasteiger partial charge in [0.25, 0.3) is 0 Å². The molecule has 0 aliphatic carbocycles. The molecular weight excluding hydrogens is 232 g/mol. The van der Waals surface area contributed by atoms with Crippen molar-refractivity contribution in [2.45, 2.75) is 19.8 Å². The van der Waals surface area contributed by atoms with Gasteiger partial charge in [0.1, 0.15) is 17.5 Å². The minimum absolute atomic E-state index is 0.218. The van der Waals surface area contributed by atoms with E-state index in [2.05, 4.69) is 15.9 Å². The zero-order valence-electron chi connectivity index (χ0n) is 11.2. The molecule has 1 heterocycles. The molecule has 1 aromatic rings.